The van der Waals surface area contributed by atoms with Crippen molar-refractivity contribution in [3.8, 4) is 0 Å². The number of ether oxygens (including phenoxy) is 1. The Labute approximate surface area is 153 Å². The van der Waals surface area contributed by atoms with Crippen LogP contribution in [0.4, 0.5) is 5.69 Å². The van der Waals surface area contributed by atoms with Crippen LogP contribution in [0.1, 0.15) is 10.4 Å². The highest BCUT2D eigenvalue weighted by Gasteiger charge is 2.11. The second-order valence-electron chi connectivity index (χ2n) is 5.72. The van der Waals surface area contributed by atoms with Crippen molar-refractivity contribution in [2.75, 3.05) is 26.0 Å². The predicted octanol–water partition coefficient (Wildman–Crippen LogP) is -0.580. The normalized spacial score (nSPS) is 10.1. The summed E-state index contributed by atoms with van der Waals surface area (Å²) < 4.78 is 5.74. The Kier molecular flexibility index (Phi) is 6.26. The van der Waals surface area contributed by atoms with E-state index in [4.69, 9.17) is 4.74 Å². The van der Waals surface area contributed by atoms with Crippen LogP contribution in [0.2, 0.25) is 0 Å². The lowest BCUT2D eigenvalue weighted by Gasteiger charge is -2.11. The number of nitrogens with zero attached hydrogens (tertiary/aromatic N) is 2. The third-order valence-corrected chi connectivity index (χ3v) is 3.38. The summed E-state index contributed by atoms with van der Waals surface area (Å²) in [6, 6.07) is 7.32. The topological polar surface area (TPSA) is 131 Å². The Morgan fingerprint density at radius 2 is 1.78 bits per heavy atom. The van der Waals surface area contributed by atoms with E-state index in [0.717, 1.165) is 16.8 Å². The van der Waals surface area contributed by atoms with E-state index in [9.17, 15) is 24.0 Å². The second-order valence-corrected chi connectivity index (χ2v) is 5.72. The molecule has 0 saturated carbocycles. The van der Waals surface area contributed by atoms with Gasteiger partial charge in [0.25, 0.3) is 17.4 Å². The van der Waals surface area contributed by atoms with Gasteiger partial charge in [0, 0.05) is 37.6 Å². The van der Waals surface area contributed by atoms with Crippen LogP contribution in [0.5, 0.6) is 0 Å². The van der Waals surface area contributed by atoms with E-state index in [-0.39, 0.29) is 5.91 Å². The van der Waals surface area contributed by atoms with Crippen molar-refractivity contribution < 1.29 is 19.1 Å². The average molecular weight is 374 g/mol. The van der Waals surface area contributed by atoms with E-state index in [1.54, 1.807) is 38.4 Å². The molecule has 2 rings (SSSR count). The van der Waals surface area contributed by atoms with Crippen LogP contribution in [0.15, 0.2) is 46.1 Å². The molecular formula is C17H18N4O6. The number of esters is 1. The molecule has 0 radical (unpaired) electrons. The van der Waals surface area contributed by atoms with Crippen molar-refractivity contribution in [2.45, 2.75) is 6.54 Å². The number of H-pyrrole nitrogens is 1. The van der Waals surface area contributed by atoms with Gasteiger partial charge in [0.15, 0.2) is 6.61 Å². The Bertz CT molecular complexity index is 958. The third kappa shape index (κ3) is 5.66. The van der Waals surface area contributed by atoms with Crippen molar-refractivity contribution in [2.24, 2.45) is 0 Å². The molecule has 0 fully saturated rings. The van der Waals surface area contributed by atoms with Crippen molar-refractivity contribution in [1.29, 1.82) is 0 Å². The lowest BCUT2D eigenvalue weighted by molar-refractivity contribution is -0.148. The minimum Gasteiger partial charge on any atom is -0.454 e. The second kappa shape index (κ2) is 8.61. The molecule has 0 aliphatic carbocycles. The molecule has 1 heterocycles. The SMILES string of the molecule is CN(C)C(=O)c1ccc(NC(=O)COC(=O)Cn2ccc(=O)[nH]c2=O)cc1. The molecule has 27 heavy (non-hydrogen) atoms. The molecule has 0 aliphatic heterocycles. The van der Waals surface area contributed by atoms with E-state index < -0.39 is 36.3 Å². The zero-order valence-corrected chi connectivity index (χ0v) is 14.7. The van der Waals surface area contributed by atoms with Crippen LogP contribution < -0.4 is 16.6 Å². The maximum atomic E-state index is 11.8. The van der Waals surface area contributed by atoms with Gasteiger partial charge in [0.1, 0.15) is 6.54 Å². The number of benzene rings is 1. The molecule has 10 nitrogen and oxygen atoms in total. The summed E-state index contributed by atoms with van der Waals surface area (Å²) in [6.07, 6.45) is 1.15. The first kappa shape index (κ1) is 19.6. The van der Waals surface area contributed by atoms with Crippen LogP contribution in [-0.2, 0) is 20.9 Å². The van der Waals surface area contributed by atoms with E-state index >= 15 is 0 Å². The van der Waals surface area contributed by atoms with E-state index in [0.29, 0.717) is 11.3 Å². The fourth-order valence-electron chi connectivity index (χ4n) is 2.05. The average Bonchev–Trinajstić information content (AvgIpc) is 2.62. The number of carbonyl (C=O) groups excluding carboxylic acids is 3. The number of carbonyl (C=O) groups is 3. The monoisotopic (exact) mass is 374 g/mol. The first-order chi connectivity index (χ1) is 12.8. The van der Waals surface area contributed by atoms with Crippen LogP contribution in [-0.4, -0.2) is 52.9 Å². The summed E-state index contributed by atoms with van der Waals surface area (Å²) in [6.45, 7) is -0.987. The molecule has 0 aliphatic rings. The Morgan fingerprint density at radius 1 is 1.11 bits per heavy atom. The van der Waals surface area contributed by atoms with E-state index in [1.807, 2.05) is 4.98 Å². The fraction of sp³-hybridized carbons (Fsp3) is 0.235. The highest BCUT2D eigenvalue weighted by atomic mass is 16.5. The van der Waals surface area contributed by atoms with Gasteiger partial charge in [-0.3, -0.25) is 28.7 Å². The molecule has 0 spiro atoms. The molecule has 1 aromatic carbocycles. The highest BCUT2D eigenvalue weighted by Crippen LogP contribution is 2.10. The molecule has 142 valence electrons. The van der Waals surface area contributed by atoms with Gasteiger partial charge in [-0.15, -0.1) is 0 Å². The van der Waals surface area contributed by atoms with Crippen molar-refractivity contribution in [3.63, 3.8) is 0 Å². The molecule has 10 heteroatoms. The molecule has 2 amide bonds. The molecular weight excluding hydrogens is 356 g/mol. The standard InChI is InChI=1S/C17H18N4O6/c1-20(2)16(25)11-3-5-12(6-4-11)18-14(23)10-27-15(24)9-21-8-7-13(22)19-17(21)26/h3-8H,9-10H2,1-2H3,(H,18,23)(H,19,22,26). The molecule has 1 aromatic heterocycles. The zero-order valence-electron chi connectivity index (χ0n) is 14.7. The molecule has 2 N–H and O–H groups in total. The molecule has 0 unspecified atom stereocenters. The smallest absolute Gasteiger partial charge is 0.328 e. The molecule has 2 aromatic rings. The number of hydrogen-bond acceptors (Lipinski definition) is 6. The summed E-state index contributed by atoms with van der Waals surface area (Å²) in [5, 5.41) is 2.52. The quantitative estimate of drug-likeness (QED) is 0.651. The van der Waals surface area contributed by atoms with Gasteiger partial charge < -0.3 is 15.0 Å². The Morgan fingerprint density at radius 3 is 2.37 bits per heavy atom. The number of aromatic amines is 1. The van der Waals surface area contributed by atoms with Crippen molar-refractivity contribution in [3.05, 3.63) is 62.9 Å². The van der Waals surface area contributed by atoms with Crippen LogP contribution >= 0.6 is 0 Å². The zero-order chi connectivity index (χ0) is 20.0. The van der Waals surface area contributed by atoms with Gasteiger partial charge in [0.2, 0.25) is 0 Å². The summed E-state index contributed by atoms with van der Waals surface area (Å²) in [7, 11) is 3.26. The number of hydrogen-bond donors (Lipinski definition) is 2. The Hall–Kier alpha value is -3.69. The molecule has 0 atom stereocenters. The first-order valence-electron chi connectivity index (χ1n) is 7.83. The van der Waals surface area contributed by atoms with E-state index in [2.05, 4.69) is 5.32 Å². The van der Waals surface area contributed by atoms with Crippen LogP contribution in [0, 0.1) is 0 Å². The lowest BCUT2D eigenvalue weighted by Crippen LogP contribution is -2.32. The highest BCUT2D eigenvalue weighted by molar-refractivity contribution is 5.96. The maximum absolute atomic E-state index is 11.8. The minimum atomic E-state index is -0.814. The largest absolute Gasteiger partial charge is 0.454 e. The van der Waals surface area contributed by atoms with E-state index in [1.165, 1.54) is 4.90 Å². The van der Waals surface area contributed by atoms with Crippen molar-refractivity contribution in [1.82, 2.24) is 14.5 Å². The van der Waals surface area contributed by atoms with Gasteiger partial charge >= 0.3 is 11.7 Å². The summed E-state index contributed by atoms with van der Waals surface area (Å²) >= 11 is 0. The molecule has 0 saturated heterocycles. The number of nitrogens with one attached hydrogen (secondary N) is 2. The van der Waals surface area contributed by atoms with Crippen molar-refractivity contribution >= 4 is 23.5 Å². The lowest BCUT2D eigenvalue weighted by atomic mass is 10.2. The number of amides is 2. The maximum Gasteiger partial charge on any atom is 0.328 e. The molecule has 0 bridgehead atoms. The summed E-state index contributed by atoms with van der Waals surface area (Å²) in [4.78, 5) is 61.2. The minimum absolute atomic E-state index is 0.167. The van der Waals surface area contributed by atoms with Gasteiger partial charge in [-0.2, -0.15) is 0 Å². The number of anilines is 1. The van der Waals surface area contributed by atoms with Gasteiger partial charge in [-0.1, -0.05) is 0 Å². The van der Waals surface area contributed by atoms with Gasteiger partial charge in [-0.25, -0.2) is 4.79 Å². The number of rotatable bonds is 6. The van der Waals surface area contributed by atoms with Crippen LogP contribution in [0.25, 0.3) is 0 Å². The predicted molar refractivity (Wildman–Crippen MR) is 95.4 cm³/mol. The van der Waals surface area contributed by atoms with Gasteiger partial charge in [0.05, 0.1) is 0 Å². The third-order valence-electron chi connectivity index (χ3n) is 3.38. The fourth-order valence-corrected chi connectivity index (χ4v) is 2.05. The Balaban J connectivity index is 1.85. The first-order valence-corrected chi connectivity index (χ1v) is 7.83. The summed E-state index contributed by atoms with van der Waals surface area (Å²) in [5.41, 5.74) is -0.433. The number of aromatic nitrogens is 2. The van der Waals surface area contributed by atoms with Gasteiger partial charge in [-0.05, 0) is 24.3 Å². The van der Waals surface area contributed by atoms with Crippen LogP contribution in [0.3, 0.4) is 0 Å². The summed E-state index contributed by atoms with van der Waals surface area (Å²) in [5.74, 6) is -1.56.